The number of ether oxygens (including phenoxy) is 1. The first-order valence-electron chi connectivity index (χ1n) is 7.92. The highest BCUT2D eigenvalue weighted by molar-refractivity contribution is 7.92. The van der Waals surface area contributed by atoms with E-state index in [4.69, 9.17) is 4.74 Å². The minimum Gasteiger partial charge on any atom is -0.496 e. The van der Waals surface area contributed by atoms with Gasteiger partial charge in [-0.3, -0.25) is 4.72 Å². The Kier molecular flexibility index (Phi) is 5.22. The Labute approximate surface area is 156 Å². The number of methoxy groups -OCH3 is 1. The highest BCUT2D eigenvalue weighted by atomic mass is 32.2. The molecule has 0 atom stereocenters. The third-order valence-electron chi connectivity index (χ3n) is 3.72. The summed E-state index contributed by atoms with van der Waals surface area (Å²) in [7, 11) is -2.31. The number of hydrogen-bond donors (Lipinski definition) is 2. The molecule has 0 amide bonds. The SMILES string of the molecule is COc1ccc(S(=O)(=O)Nc2ccc(Nc3ccccc3F)nn2)cc1C. The van der Waals surface area contributed by atoms with Crippen molar-refractivity contribution in [3.63, 3.8) is 0 Å². The van der Waals surface area contributed by atoms with Gasteiger partial charge in [0.25, 0.3) is 10.0 Å². The van der Waals surface area contributed by atoms with Gasteiger partial charge in [-0.25, -0.2) is 12.8 Å². The lowest BCUT2D eigenvalue weighted by Crippen LogP contribution is -2.14. The summed E-state index contributed by atoms with van der Waals surface area (Å²) < 4.78 is 46.1. The molecule has 9 heteroatoms. The van der Waals surface area contributed by atoms with Gasteiger partial charge in [-0.15, -0.1) is 10.2 Å². The molecule has 1 aromatic heterocycles. The number of nitrogens with zero attached hydrogens (tertiary/aromatic N) is 2. The van der Waals surface area contributed by atoms with Crippen molar-refractivity contribution < 1.29 is 17.5 Å². The minimum atomic E-state index is -3.83. The van der Waals surface area contributed by atoms with Crippen LogP contribution in [0, 0.1) is 12.7 Å². The third kappa shape index (κ3) is 4.32. The van der Waals surface area contributed by atoms with Crippen molar-refractivity contribution in [1.29, 1.82) is 0 Å². The lowest BCUT2D eigenvalue weighted by atomic mass is 10.2. The molecule has 2 N–H and O–H groups in total. The number of rotatable bonds is 6. The Balaban J connectivity index is 1.75. The van der Waals surface area contributed by atoms with E-state index in [1.54, 1.807) is 31.2 Å². The Morgan fingerprint density at radius 1 is 1.00 bits per heavy atom. The zero-order valence-electron chi connectivity index (χ0n) is 14.6. The maximum atomic E-state index is 13.6. The summed E-state index contributed by atoms with van der Waals surface area (Å²) >= 11 is 0. The molecule has 1 heterocycles. The minimum absolute atomic E-state index is 0.0440. The number of aromatic nitrogens is 2. The van der Waals surface area contributed by atoms with E-state index in [0.717, 1.165) is 0 Å². The van der Waals surface area contributed by atoms with Crippen LogP contribution in [0.3, 0.4) is 0 Å². The van der Waals surface area contributed by atoms with Crippen LogP contribution < -0.4 is 14.8 Å². The summed E-state index contributed by atoms with van der Waals surface area (Å²) in [6.45, 7) is 1.75. The molecule has 0 saturated carbocycles. The number of sulfonamides is 1. The summed E-state index contributed by atoms with van der Waals surface area (Å²) in [5.74, 6) is 0.488. The van der Waals surface area contributed by atoms with Crippen LogP contribution in [0.1, 0.15) is 5.56 Å². The first-order valence-corrected chi connectivity index (χ1v) is 9.40. The number of para-hydroxylation sites is 1. The molecule has 0 radical (unpaired) electrons. The van der Waals surface area contributed by atoms with Crippen LogP contribution in [0.2, 0.25) is 0 Å². The van der Waals surface area contributed by atoms with Crippen molar-refractivity contribution >= 4 is 27.3 Å². The molecule has 0 aliphatic carbocycles. The van der Waals surface area contributed by atoms with E-state index in [9.17, 15) is 12.8 Å². The predicted molar refractivity (Wildman–Crippen MR) is 100 cm³/mol. The summed E-state index contributed by atoms with van der Waals surface area (Å²) in [6.07, 6.45) is 0. The third-order valence-corrected chi connectivity index (χ3v) is 5.07. The number of benzene rings is 2. The Morgan fingerprint density at radius 2 is 1.70 bits per heavy atom. The monoisotopic (exact) mass is 388 g/mol. The Bertz CT molecular complexity index is 1060. The molecule has 27 heavy (non-hydrogen) atoms. The van der Waals surface area contributed by atoms with Gasteiger partial charge in [0.1, 0.15) is 11.6 Å². The van der Waals surface area contributed by atoms with Gasteiger partial charge < -0.3 is 10.1 Å². The standard InChI is InChI=1S/C18H17FN4O3S/c1-12-11-13(7-8-16(12)26-2)27(24,25)23-18-10-9-17(21-22-18)20-15-6-4-3-5-14(15)19/h3-11H,1-2H3,(H,20,21)(H,22,23). The zero-order chi connectivity index (χ0) is 19.4. The molecule has 7 nitrogen and oxygen atoms in total. The van der Waals surface area contributed by atoms with E-state index >= 15 is 0 Å². The van der Waals surface area contributed by atoms with Crippen molar-refractivity contribution in [3.05, 3.63) is 66.0 Å². The molecule has 0 saturated heterocycles. The quantitative estimate of drug-likeness (QED) is 0.672. The second-order valence-electron chi connectivity index (χ2n) is 5.65. The fourth-order valence-corrected chi connectivity index (χ4v) is 3.45. The topological polar surface area (TPSA) is 93.2 Å². The molecule has 140 valence electrons. The molecule has 0 spiro atoms. The molecule has 2 aromatic carbocycles. The van der Waals surface area contributed by atoms with Crippen LogP contribution in [0.25, 0.3) is 0 Å². The van der Waals surface area contributed by atoms with E-state index in [0.29, 0.717) is 11.3 Å². The predicted octanol–water partition coefficient (Wildman–Crippen LogP) is 3.48. The first kappa shape index (κ1) is 18.6. The lowest BCUT2D eigenvalue weighted by Gasteiger charge is -2.10. The van der Waals surface area contributed by atoms with Gasteiger partial charge in [-0.1, -0.05) is 12.1 Å². The van der Waals surface area contributed by atoms with Gasteiger partial charge >= 0.3 is 0 Å². The number of aryl methyl sites for hydroxylation is 1. The molecule has 0 aliphatic rings. The Hall–Kier alpha value is -3.20. The van der Waals surface area contributed by atoms with Crippen LogP contribution in [0.4, 0.5) is 21.7 Å². The van der Waals surface area contributed by atoms with Crippen molar-refractivity contribution in [2.45, 2.75) is 11.8 Å². The van der Waals surface area contributed by atoms with Crippen LogP contribution in [-0.2, 0) is 10.0 Å². The average molecular weight is 388 g/mol. The fourth-order valence-electron chi connectivity index (χ4n) is 2.37. The second-order valence-corrected chi connectivity index (χ2v) is 7.33. The summed E-state index contributed by atoms with van der Waals surface area (Å²) in [5, 5.41) is 10.5. The Morgan fingerprint density at radius 3 is 2.33 bits per heavy atom. The second kappa shape index (κ2) is 7.58. The van der Waals surface area contributed by atoms with Gasteiger partial charge in [0.15, 0.2) is 11.6 Å². The van der Waals surface area contributed by atoms with Crippen LogP contribution in [0.15, 0.2) is 59.5 Å². The van der Waals surface area contributed by atoms with E-state index in [1.807, 2.05) is 0 Å². The maximum absolute atomic E-state index is 13.6. The molecular weight excluding hydrogens is 371 g/mol. The summed E-state index contributed by atoms with van der Waals surface area (Å²) in [5.41, 5.74) is 0.935. The van der Waals surface area contributed by atoms with Gasteiger partial charge in [-0.05, 0) is 55.0 Å². The van der Waals surface area contributed by atoms with E-state index in [2.05, 4.69) is 20.2 Å². The van der Waals surface area contributed by atoms with Gasteiger partial charge in [0.05, 0.1) is 17.7 Å². The summed E-state index contributed by atoms with van der Waals surface area (Å²) in [6, 6.07) is 13.6. The summed E-state index contributed by atoms with van der Waals surface area (Å²) in [4.78, 5) is 0.0798. The molecule has 0 aliphatic heterocycles. The molecule has 0 fully saturated rings. The van der Waals surface area contributed by atoms with Gasteiger partial charge in [0.2, 0.25) is 0 Å². The number of halogens is 1. The largest absolute Gasteiger partial charge is 0.496 e. The zero-order valence-corrected chi connectivity index (χ0v) is 15.4. The van der Waals surface area contributed by atoms with Crippen molar-refractivity contribution in [1.82, 2.24) is 10.2 Å². The van der Waals surface area contributed by atoms with Crippen molar-refractivity contribution in [2.75, 3.05) is 17.1 Å². The highest BCUT2D eigenvalue weighted by Gasteiger charge is 2.16. The maximum Gasteiger partial charge on any atom is 0.263 e. The highest BCUT2D eigenvalue weighted by Crippen LogP contribution is 2.23. The van der Waals surface area contributed by atoms with Crippen molar-refractivity contribution in [3.8, 4) is 5.75 Å². The number of anilines is 3. The van der Waals surface area contributed by atoms with Crippen LogP contribution >= 0.6 is 0 Å². The molecular formula is C18H17FN4O3S. The molecule has 0 bridgehead atoms. The molecule has 3 rings (SSSR count). The average Bonchev–Trinajstić information content (AvgIpc) is 2.65. The van der Waals surface area contributed by atoms with Crippen LogP contribution in [0.5, 0.6) is 5.75 Å². The molecule has 3 aromatic rings. The number of nitrogens with one attached hydrogen (secondary N) is 2. The van der Waals surface area contributed by atoms with E-state index < -0.39 is 15.8 Å². The number of hydrogen-bond acceptors (Lipinski definition) is 6. The van der Waals surface area contributed by atoms with Crippen LogP contribution in [-0.4, -0.2) is 25.7 Å². The van der Waals surface area contributed by atoms with Crippen molar-refractivity contribution in [2.24, 2.45) is 0 Å². The lowest BCUT2D eigenvalue weighted by molar-refractivity contribution is 0.411. The van der Waals surface area contributed by atoms with E-state index in [1.165, 1.54) is 37.4 Å². The van der Waals surface area contributed by atoms with Gasteiger partial charge in [0, 0.05) is 0 Å². The first-order chi connectivity index (χ1) is 12.9. The normalized spacial score (nSPS) is 11.1. The van der Waals surface area contributed by atoms with E-state index in [-0.39, 0.29) is 22.2 Å². The fraction of sp³-hybridized carbons (Fsp3) is 0.111. The smallest absolute Gasteiger partial charge is 0.263 e. The molecule has 0 unspecified atom stereocenters. The van der Waals surface area contributed by atoms with Gasteiger partial charge in [-0.2, -0.15) is 0 Å².